The first-order valence-corrected chi connectivity index (χ1v) is 7.92. The molecule has 0 unspecified atom stereocenters. The summed E-state index contributed by atoms with van der Waals surface area (Å²) >= 11 is 3.12. The molecule has 0 heterocycles. The summed E-state index contributed by atoms with van der Waals surface area (Å²) in [6.07, 6.45) is 5.30. The molecule has 1 N–H and O–H groups in total. The van der Waals surface area contributed by atoms with Crippen molar-refractivity contribution in [2.75, 3.05) is 19.7 Å². The second kappa shape index (κ2) is 10.1. The first-order valence-electron chi connectivity index (χ1n) is 7.13. The molecule has 114 valence electrons. The molecule has 0 amide bonds. The van der Waals surface area contributed by atoms with Gasteiger partial charge in [-0.05, 0) is 44.5 Å². The maximum Gasteiger partial charge on any atom is 0.200 e. The van der Waals surface area contributed by atoms with Gasteiger partial charge in [0.05, 0.1) is 6.61 Å². The number of rotatable bonds is 10. The van der Waals surface area contributed by atoms with Crippen LogP contribution in [0, 0.1) is 11.6 Å². The third-order valence-electron chi connectivity index (χ3n) is 2.89. The fraction of sp³-hybridized carbons (Fsp3) is 0.600. The number of nitrogens with one attached hydrogen (secondary N) is 1. The molecule has 2 nitrogen and oxygen atoms in total. The van der Waals surface area contributed by atoms with Crippen LogP contribution >= 0.6 is 15.9 Å². The van der Waals surface area contributed by atoms with Crippen LogP contribution in [0.1, 0.15) is 39.0 Å². The summed E-state index contributed by atoms with van der Waals surface area (Å²) in [4.78, 5) is 0. The summed E-state index contributed by atoms with van der Waals surface area (Å²) in [5.74, 6) is -1.84. The summed E-state index contributed by atoms with van der Waals surface area (Å²) in [7, 11) is 0. The topological polar surface area (TPSA) is 21.3 Å². The zero-order valence-corrected chi connectivity index (χ0v) is 13.4. The number of benzene rings is 1. The summed E-state index contributed by atoms with van der Waals surface area (Å²) < 4.78 is 32.3. The lowest BCUT2D eigenvalue weighted by atomic mass is 10.2. The lowest BCUT2D eigenvalue weighted by Gasteiger charge is -2.08. The van der Waals surface area contributed by atoms with Crippen molar-refractivity contribution in [1.82, 2.24) is 5.32 Å². The Morgan fingerprint density at radius 3 is 2.60 bits per heavy atom. The van der Waals surface area contributed by atoms with Crippen molar-refractivity contribution in [3.05, 3.63) is 28.2 Å². The number of halogens is 3. The van der Waals surface area contributed by atoms with Crippen molar-refractivity contribution >= 4 is 15.9 Å². The van der Waals surface area contributed by atoms with Crippen LogP contribution in [-0.2, 0) is 0 Å². The largest absolute Gasteiger partial charge is 0.490 e. The maximum absolute atomic E-state index is 13.4. The van der Waals surface area contributed by atoms with Gasteiger partial charge in [0.2, 0.25) is 5.82 Å². The van der Waals surface area contributed by atoms with E-state index >= 15 is 0 Å². The molecule has 20 heavy (non-hydrogen) atoms. The second-order valence-electron chi connectivity index (χ2n) is 4.71. The fourth-order valence-electron chi connectivity index (χ4n) is 1.83. The Labute approximate surface area is 128 Å². The highest BCUT2D eigenvalue weighted by molar-refractivity contribution is 9.10. The molecular formula is C15H22BrF2NO. The van der Waals surface area contributed by atoms with Gasteiger partial charge in [-0.1, -0.05) is 35.7 Å². The van der Waals surface area contributed by atoms with E-state index in [0.29, 0.717) is 11.1 Å². The van der Waals surface area contributed by atoms with Crippen LogP contribution in [0.4, 0.5) is 8.78 Å². The van der Waals surface area contributed by atoms with E-state index in [2.05, 4.69) is 28.2 Å². The lowest BCUT2D eigenvalue weighted by Crippen LogP contribution is -2.15. The average molecular weight is 350 g/mol. The Morgan fingerprint density at radius 1 is 1.10 bits per heavy atom. The van der Waals surface area contributed by atoms with E-state index in [9.17, 15) is 8.78 Å². The van der Waals surface area contributed by atoms with E-state index in [0.717, 1.165) is 51.3 Å². The van der Waals surface area contributed by atoms with E-state index in [1.165, 1.54) is 6.07 Å². The minimum absolute atomic E-state index is 0.0264. The SMILES string of the molecule is CCCNCCCCCCOc1cc(Br)cc(F)c1F. The Kier molecular flexibility index (Phi) is 8.78. The summed E-state index contributed by atoms with van der Waals surface area (Å²) in [5.41, 5.74) is 0. The number of hydrogen-bond donors (Lipinski definition) is 1. The van der Waals surface area contributed by atoms with Crippen molar-refractivity contribution in [2.24, 2.45) is 0 Å². The van der Waals surface area contributed by atoms with Gasteiger partial charge < -0.3 is 10.1 Å². The molecule has 0 saturated carbocycles. The van der Waals surface area contributed by atoms with Crippen molar-refractivity contribution in [1.29, 1.82) is 0 Å². The van der Waals surface area contributed by atoms with E-state index in [1.54, 1.807) is 0 Å². The van der Waals surface area contributed by atoms with Crippen LogP contribution in [-0.4, -0.2) is 19.7 Å². The highest BCUT2D eigenvalue weighted by Crippen LogP contribution is 2.25. The summed E-state index contributed by atoms with van der Waals surface area (Å²) in [6, 6.07) is 2.54. The molecule has 5 heteroatoms. The predicted octanol–water partition coefficient (Wildman–Crippen LogP) is 4.67. The van der Waals surface area contributed by atoms with E-state index in [-0.39, 0.29) is 5.75 Å². The first-order chi connectivity index (χ1) is 9.65. The van der Waals surface area contributed by atoms with Crippen LogP contribution in [0.25, 0.3) is 0 Å². The highest BCUT2D eigenvalue weighted by Gasteiger charge is 2.10. The third kappa shape index (κ3) is 6.66. The van der Waals surface area contributed by atoms with E-state index in [4.69, 9.17) is 4.74 Å². The van der Waals surface area contributed by atoms with Crippen molar-refractivity contribution in [3.8, 4) is 5.75 Å². The number of ether oxygens (including phenoxy) is 1. The van der Waals surface area contributed by atoms with Crippen molar-refractivity contribution < 1.29 is 13.5 Å². The third-order valence-corrected chi connectivity index (χ3v) is 3.35. The van der Waals surface area contributed by atoms with Gasteiger partial charge in [-0.2, -0.15) is 4.39 Å². The molecule has 0 aliphatic rings. The predicted molar refractivity (Wildman–Crippen MR) is 81.2 cm³/mol. The van der Waals surface area contributed by atoms with Gasteiger partial charge in [0.25, 0.3) is 0 Å². The Hall–Kier alpha value is -0.680. The smallest absolute Gasteiger partial charge is 0.200 e. The zero-order valence-electron chi connectivity index (χ0n) is 11.9. The van der Waals surface area contributed by atoms with Gasteiger partial charge >= 0.3 is 0 Å². The second-order valence-corrected chi connectivity index (χ2v) is 5.63. The molecule has 0 aliphatic heterocycles. The number of hydrogen-bond acceptors (Lipinski definition) is 2. The Bertz CT molecular complexity index is 402. The molecule has 0 bridgehead atoms. The molecule has 1 aromatic carbocycles. The molecule has 0 aliphatic carbocycles. The molecule has 0 aromatic heterocycles. The molecular weight excluding hydrogens is 328 g/mol. The molecule has 1 rings (SSSR count). The van der Waals surface area contributed by atoms with Crippen LogP contribution in [0.5, 0.6) is 5.75 Å². The van der Waals surface area contributed by atoms with Crippen LogP contribution in [0.15, 0.2) is 16.6 Å². The van der Waals surface area contributed by atoms with Crippen molar-refractivity contribution in [3.63, 3.8) is 0 Å². The van der Waals surface area contributed by atoms with Gasteiger partial charge in [0, 0.05) is 4.47 Å². The lowest BCUT2D eigenvalue weighted by molar-refractivity contribution is 0.284. The quantitative estimate of drug-likeness (QED) is 0.489. The van der Waals surface area contributed by atoms with Gasteiger partial charge in [-0.3, -0.25) is 0 Å². The van der Waals surface area contributed by atoms with E-state index in [1.807, 2.05) is 0 Å². The van der Waals surface area contributed by atoms with Gasteiger partial charge in [0.1, 0.15) is 0 Å². The minimum atomic E-state index is -0.919. The highest BCUT2D eigenvalue weighted by atomic mass is 79.9. The average Bonchev–Trinajstić information content (AvgIpc) is 2.42. The van der Waals surface area contributed by atoms with Crippen LogP contribution < -0.4 is 10.1 Å². The monoisotopic (exact) mass is 349 g/mol. The van der Waals surface area contributed by atoms with Crippen LogP contribution in [0.2, 0.25) is 0 Å². The molecule has 1 aromatic rings. The normalized spacial score (nSPS) is 10.8. The zero-order chi connectivity index (χ0) is 14.8. The standard InChI is InChI=1S/C15H22BrF2NO/c1-2-7-19-8-5-3-4-6-9-20-14-11-12(16)10-13(17)15(14)18/h10-11,19H,2-9H2,1H3. The van der Waals surface area contributed by atoms with Gasteiger partial charge in [-0.15, -0.1) is 0 Å². The molecule has 0 radical (unpaired) electrons. The molecule has 0 atom stereocenters. The number of unbranched alkanes of at least 4 members (excludes halogenated alkanes) is 3. The van der Waals surface area contributed by atoms with Gasteiger partial charge in [-0.25, -0.2) is 4.39 Å². The molecule has 0 saturated heterocycles. The van der Waals surface area contributed by atoms with Crippen LogP contribution in [0.3, 0.4) is 0 Å². The maximum atomic E-state index is 13.4. The molecule has 0 spiro atoms. The summed E-state index contributed by atoms with van der Waals surface area (Å²) in [5, 5.41) is 3.34. The van der Waals surface area contributed by atoms with E-state index < -0.39 is 11.6 Å². The summed E-state index contributed by atoms with van der Waals surface area (Å²) in [6.45, 7) is 4.67. The minimum Gasteiger partial charge on any atom is -0.490 e. The molecule has 0 fully saturated rings. The first kappa shape index (κ1) is 17.4. The fourth-order valence-corrected chi connectivity index (χ4v) is 2.24. The Morgan fingerprint density at radius 2 is 1.85 bits per heavy atom. The van der Waals surface area contributed by atoms with Crippen molar-refractivity contribution in [2.45, 2.75) is 39.0 Å². The Balaban J connectivity index is 2.13. The van der Waals surface area contributed by atoms with Gasteiger partial charge in [0.15, 0.2) is 11.6 Å².